The fraction of sp³-hybridized carbons (Fsp3) is 0.591. The number of hydrogen-bond acceptors (Lipinski definition) is 4. The first-order valence-electron chi connectivity index (χ1n) is 10.2. The van der Waals surface area contributed by atoms with Gasteiger partial charge in [-0.15, -0.1) is 0 Å². The monoisotopic (exact) mass is 346 g/mol. The van der Waals surface area contributed by atoms with Crippen molar-refractivity contribution in [3.63, 3.8) is 0 Å². The van der Waals surface area contributed by atoms with Crippen molar-refractivity contribution < 1.29 is 9.90 Å². The van der Waals surface area contributed by atoms with Crippen LogP contribution in [0.15, 0.2) is 24.3 Å². The Hall–Kier alpha value is -1.81. The number of hydrogen-bond donors (Lipinski definition) is 1. The molecule has 0 spiro atoms. The Kier molecular flexibility index (Phi) is 2.39. The summed E-state index contributed by atoms with van der Waals surface area (Å²) in [5.74, 6) is 2.89. The van der Waals surface area contributed by atoms with E-state index in [1.165, 1.54) is 0 Å². The first kappa shape index (κ1) is 14.3. The van der Waals surface area contributed by atoms with Gasteiger partial charge < -0.3 is 5.11 Å². The lowest BCUT2D eigenvalue weighted by Crippen LogP contribution is -2.36. The second-order valence-corrected chi connectivity index (χ2v) is 9.38. The molecule has 26 heavy (non-hydrogen) atoms. The van der Waals surface area contributed by atoms with E-state index in [2.05, 4.69) is 0 Å². The highest BCUT2D eigenvalue weighted by Gasteiger charge is 2.74. The first-order valence-corrected chi connectivity index (χ1v) is 10.2. The Morgan fingerprint density at radius 2 is 1.85 bits per heavy atom. The topological polar surface area (TPSA) is 63.1 Å². The maximum absolute atomic E-state index is 12.7. The van der Waals surface area contributed by atoms with Crippen LogP contribution < -0.4 is 0 Å². The number of aromatic nitrogens is 2. The number of nitrogens with zero attached hydrogens (tertiary/aromatic N) is 2. The van der Waals surface area contributed by atoms with Gasteiger partial charge in [-0.25, -0.2) is 9.97 Å². The number of carbonyl (C=O) groups excluding carboxylic acids is 1. The minimum absolute atomic E-state index is 0.0870. The van der Waals surface area contributed by atoms with Crippen LogP contribution in [0.3, 0.4) is 0 Å². The minimum Gasteiger partial charge on any atom is -0.389 e. The molecular formula is C22H22N2O2. The molecule has 4 saturated carbocycles. The number of aliphatic hydroxyl groups is 1. The molecule has 132 valence electrons. The summed E-state index contributed by atoms with van der Waals surface area (Å²) in [6, 6.07) is 8.04. The first-order chi connectivity index (χ1) is 12.7. The highest BCUT2D eigenvalue weighted by atomic mass is 16.3. The number of benzene rings is 1. The standard InChI is InChI=1S/C22H22N2O2/c25-16-6-5-10-11-7-8-22(26)19(11)18(17(10)16)12-9-15-21(20(12)22)24-14-4-2-1-3-13(14)23-15/h1-4,10-12,17-20,26H,5-9H2. The third-order valence-corrected chi connectivity index (χ3v) is 8.71. The molecule has 1 aromatic heterocycles. The van der Waals surface area contributed by atoms with Gasteiger partial charge in [-0.1, -0.05) is 12.1 Å². The van der Waals surface area contributed by atoms with Gasteiger partial charge in [0.1, 0.15) is 5.78 Å². The van der Waals surface area contributed by atoms with Crippen molar-refractivity contribution in [1.82, 2.24) is 9.97 Å². The molecule has 1 aromatic carbocycles. The van der Waals surface area contributed by atoms with Crippen LogP contribution in [-0.2, 0) is 11.2 Å². The van der Waals surface area contributed by atoms with Crippen LogP contribution in [0.1, 0.15) is 43.0 Å². The Labute approximate surface area is 152 Å². The highest BCUT2D eigenvalue weighted by molar-refractivity contribution is 5.84. The van der Waals surface area contributed by atoms with Gasteiger partial charge in [-0.2, -0.15) is 0 Å². The zero-order chi connectivity index (χ0) is 17.2. The molecule has 7 rings (SSSR count). The van der Waals surface area contributed by atoms with Crippen LogP contribution in [0.5, 0.6) is 0 Å². The minimum atomic E-state index is -0.660. The number of rotatable bonds is 0. The second kappa shape index (κ2) is 4.36. The van der Waals surface area contributed by atoms with Gasteiger partial charge in [-0.05, 0) is 67.4 Å². The van der Waals surface area contributed by atoms with Crippen molar-refractivity contribution in [3.05, 3.63) is 35.7 Å². The van der Waals surface area contributed by atoms with Gasteiger partial charge in [0, 0.05) is 18.3 Å². The summed E-state index contributed by atoms with van der Waals surface area (Å²) in [7, 11) is 0. The summed E-state index contributed by atoms with van der Waals surface area (Å²) in [6.45, 7) is 0. The van der Waals surface area contributed by atoms with Crippen LogP contribution in [0, 0.1) is 35.5 Å². The molecule has 0 saturated heterocycles. The van der Waals surface area contributed by atoms with E-state index < -0.39 is 5.60 Å². The molecule has 0 amide bonds. The molecule has 1 heterocycles. The Morgan fingerprint density at radius 1 is 1.04 bits per heavy atom. The van der Waals surface area contributed by atoms with Crippen molar-refractivity contribution in [1.29, 1.82) is 0 Å². The lowest BCUT2D eigenvalue weighted by atomic mass is 9.80. The highest BCUT2D eigenvalue weighted by Crippen LogP contribution is 2.74. The summed E-state index contributed by atoms with van der Waals surface area (Å²) in [5, 5.41) is 11.9. The predicted octanol–water partition coefficient (Wildman–Crippen LogP) is 2.88. The fourth-order valence-corrected chi connectivity index (χ4v) is 8.17. The third-order valence-electron chi connectivity index (χ3n) is 8.71. The molecule has 1 N–H and O–H groups in total. The second-order valence-electron chi connectivity index (χ2n) is 9.38. The molecule has 5 aliphatic carbocycles. The van der Waals surface area contributed by atoms with Crippen molar-refractivity contribution >= 4 is 16.8 Å². The summed E-state index contributed by atoms with van der Waals surface area (Å²) in [4.78, 5) is 22.6. The number of para-hydroxylation sites is 2. The summed E-state index contributed by atoms with van der Waals surface area (Å²) >= 11 is 0. The largest absolute Gasteiger partial charge is 0.389 e. The Morgan fingerprint density at radius 3 is 2.69 bits per heavy atom. The number of carbonyl (C=O) groups is 1. The van der Waals surface area contributed by atoms with E-state index in [0.29, 0.717) is 35.4 Å². The molecular weight excluding hydrogens is 324 g/mol. The van der Waals surface area contributed by atoms with E-state index in [4.69, 9.17) is 9.97 Å². The number of ketones is 1. The molecule has 8 atom stereocenters. The summed E-state index contributed by atoms with van der Waals surface area (Å²) in [6.07, 6.45) is 4.68. The Balaban J connectivity index is 1.43. The molecule has 4 heteroatoms. The van der Waals surface area contributed by atoms with E-state index in [0.717, 1.165) is 54.5 Å². The summed E-state index contributed by atoms with van der Waals surface area (Å²) < 4.78 is 0. The van der Waals surface area contributed by atoms with Crippen LogP contribution in [0.25, 0.3) is 11.0 Å². The fourth-order valence-electron chi connectivity index (χ4n) is 8.17. The molecule has 4 nitrogen and oxygen atoms in total. The van der Waals surface area contributed by atoms with Crippen molar-refractivity contribution in [2.45, 2.75) is 43.6 Å². The van der Waals surface area contributed by atoms with Gasteiger partial charge in [-0.3, -0.25) is 4.79 Å². The molecule has 2 aromatic rings. The maximum atomic E-state index is 12.7. The van der Waals surface area contributed by atoms with Crippen molar-refractivity contribution in [2.24, 2.45) is 35.5 Å². The number of Topliss-reactive ketones (excluding diaryl/α,β-unsaturated/α-hetero) is 1. The van der Waals surface area contributed by atoms with Gasteiger partial charge in [0.25, 0.3) is 0 Å². The zero-order valence-electron chi connectivity index (χ0n) is 14.6. The van der Waals surface area contributed by atoms with E-state index in [-0.39, 0.29) is 11.8 Å². The molecule has 0 bridgehead atoms. The molecule has 4 fully saturated rings. The lowest BCUT2D eigenvalue weighted by Gasteiger charge is -2.30. The Bertz CT molecular complexity index is 987. The van der Waals surface area contributed by atoms with E-state index in [1.54, 1.807) is 0 Å². The normalized spacial score (nSPS) is 47.3. The molecule has 8 unspecified atom stereocenters. The van der Waals surface area contributed by atoms with Gasteiger partial charge >= 0.3 is 0 Å². The van der Waals surface area contributed by atoms with E-state index in [9.17, 15) is 9.90 Å². The molecule has 0 aliphatic heterocycles. The van der Waals surface area contributed by atoms with Gasteiger partial charge in [0.05, 0.1) is 28.0 Å². The van der Waals surface area contributed by atoms with Gasteiger partial charge in [0.15, 0.2) is 0 Å². The molecule has 5 aliphatic rings. The van der Waals surface area contributed by atoms with Crippen LogP contribution in [0.2, 0.25) is 0 Å². The maximum Gasteiger partial charge on any atom is 0.136 e. The zero-order valence-corrected chi connectivity index (χ0v) is 14.6. The van der Waals surface area contributed by atoms with Crippen LogP contribution >= 0.6 is 0 Å². The SMILES string of the molecule is O=C1CCC2C3CCC4(O)C5c6nc7ccccc7nc6CC5C(C12)C34. The van der Waals surface area contributed by atoms with Crippen LogP contribution in [0.4, 0.5) is 0 Å². The summed E-state index contributed by atoms with van der Waals surface area (Å²) in [5.41, 5.74) is 3.32. The van der Waals surface area contributed by atoms with Gasteiger partial charge in [0.2, 0.25) is 0 Å². The molecule has 0 radical (unpaired) electrons. The number of fused-ring (bicyclic) bond motifs is 9. The van der Waals surface area contributed by atoms with Crippen molar-refractivity contribution in [3.8, 4) is 0 Å². The quantitative estimate of drug-likeness (QED) is 0.797. The van der Waals surface area contributed by atoms with E-state index in [1.807, 2.05) is 24.3 Å². The smallest absolute Gasteiger partial charge is 0.136 e. The average molecular weight is 346 g/mol. The van der Waals surface area contributed by atoms with Crippen molar-refractivity contribution in [2.75, 3.05) is 0 Å². The average Bonchev–Trinajstić information content (AvgIpc) is 3.37. The third kappa shape index (κ3) is 1.41. The van der Waals surface area contributed by atoms with E-state index >= 15 is 0 Å². The predicted molar refractivity (Wildman–Crippen MR) is 95.3 cm³/mol. The van der Waals surface area contributed by atoms with Crippen LogP contribution in [-0.4, -0.2) is 26.5 Å². The lowest BCUT2D eigenvalue weighted by molar-refractivity contribution is -0.122.